The van der Waals surface area contributed by atoms with Gasteiger partial charge in [0, 0.05) is 18.7 Å². The Kier molecular flexibility index (Phi) is 6.34. The lowest BCUT2D eigenvalue weighted by Crippen LogP contribution is -2.29. The molecule has 3 nitrogen and oxygen atoms in total. The Hall–Kier alpha value is -0.770. The Morgan fingerprint density at radius 1 is 1.41 bits per heavy atom. The van der Waals surface area contributed by atoms with Gasteiger partial charge in [-0.1, -0.05) is 25.1 Å². The van der Waals surface area contributed by atoms with E-state index in [4.69, 9.17) is 21.4 Å². The number of para-hydroxylation sites is 1. The molecular formula is C13H20ClNO2. The van der Waals surface area contributed by atoms with Gasteiger partial charge in [0.1, 0.15) is 5.75 Å². The molecule has 0 aliphatic rings. The highest BCUT2D eigenvalue weighted by Gasteiger charge is 2.15. The molecule has 0 radical (unpaired) electrons. The first kappa shape index (κ1) is 14.3. The molecule has 1 N–H and O–H groups in total. The van der Waals surface area contributed by atoms with E-state index in [1.54, 1.807) is 7.11 Å². The van der Waals surface area contributed by atoms with Crippen molar-refractivity contribution in [2.75, 3.05) is 33.4 Å². The van der Waals surface area contributed by atoms with Crippen molar-refractivity contribution in [1.82, 2.24) is 4.90 Å². The fourth-order valence-corrected chi connectivity index (χ4v) is 2.15. The van der Waals surface area contributed by atoms with E-state index in [9.17, 15) is 0 Å². The lowest BCUT2D eigenvalue weighted by molar-refractivity contribution is 0.201. The minimum absolute atomic E-state index is 0.127. The molecular weight excluding hydrogens is 238 g/mol. The molecule has 96 valence electrons. The average Bonchev–Trinajstić information content (AvgIpc) is 2.38. The van der Waals surface area contributed by atoms with Crippen molar-refractivity contribution in [1.29, 1.82) is 0 Å². The first-order valence-corrected chi connectivity index (χ1v) is 6.26. The molecule has 0 amide bonds. The Labute approximate surface area is 108 Å². The zero-order chi connectivity index (χ0) is 12.7. The largest absolute Gasteiger partial charge is 0.496 e. The highest BCUT2D eigenvalue weighted by atomic mass is 35.5. The van der Waals surface area contributed by atoms with Crippen molar-refractivity contribution in [2.45, 2.75) is 12.3 Å². The minimum atomic E-state index is -0.127. The molecule has 1 unspecified atom stereocenters. The highest BCUT2D eigenvalue weighted by molar-refractivity contribution is 6.21. The molecule has 1 aromatic carbocycles. The fraction of sp³-hybridized carbons (Fsp3) is 0.538. The number of rotatable bonds is 7. The summed E-state index contributed by atoms with van der Waals surface area (Å²) < 4.78 is 5.29. The fourth-order valence-electron chi connectivity index (χ4n) is 1.77. The predicted molar refractivity (Wildman–Crippen MR) is 70.8 cm³/mol. The first-order valence-electron chi connectivity index (χ1n) is 5.83. The van der Waals surface area contributed by atoms with Crippen LogP contribution in [0.5, 0.6) is 5.75 Å². The molecule has 0 aliphatic carbocycles. The Balaban J connectivity index is 2.71. The van der Waals surface area contributed by atoms with Crippen molar-refractivity contribution in [3.63, 3.8) is 0 Å². The van der Waals surface area contributed by atoms with Crippen molar-refractivity contribution in [3.05, 3.63) is 29.8 Å². The van der Waals surface area contributed by atoms with Crippen LogP contribution in [0.4, 0.5) is 0 Å². The third-order valence-electron chi connectivity index (χ3n) is 2.76. The second-order valence-electron chi connectivity index (χ2n) is 3.83. The van der Waals surface area contributed by atoms with E-state index in [1.165, 1.54) is 0 Å². The van der Waals surface area contributed by atoms with Crippen LogP contribution in [0.2, 0.25) is 0 Å². The minimum Gasteiger partial charge on any atom is -0.496 e. The summed E-state index contributed by atoms with van der Waals surface area (Å²) >= 11 is 6.40. The van der Waals surface area contributed by atoms with Gasteiger partial charge in [-0.2, -0.15) is 0 Å². The summed E-state index contributed by atoms with van der Waals surface area (Å²) in [6, 6.07) is 7.77. The third kappa shape index (κ3) is 4.19. The molecule has 1 aromatic rings. The predicted octanol–water partition coefficient (Wildman–Crippen LogP) is 2.29. The van der Waals surface area contributed by atoms with Crippen LogP contribution >= 0.6 is 11.6 Å². The zero-order valence-electron chi connectivity index (χ0n) is 10.4. The molecule has 1 atom stereocenters. The summed E-state index contributed by atoms with van der Waals surface area (Å²) in [6.45, 7) is 4.44. The monoisotopic (exact) mass is 257 g/mol. The molecule has 0 spiro atoms. The van der Waals surface area contributed by atoms with Crippen LogP contribution in [0, 0.1) is 0 Å². The number of hydrogen-bond acceptors (Lipinski definition) is 3. The molecule has 0 saturated heterocycles. The van der Waals surface area contributed by atoms with Gasteiger partial charge >= 0.3 is 0 Å². The SMILES string of the molecule is CCN(CCO)CC(Cl)c1ccccc1OC. The van der Waals surface area contributed by atoms with Gasteiger partial charge < -0.3 is 9.84 Å². The molecule has 0 bridgehead atoms. The number of ether oxygens (including phenoxy) is 1. The molecule has 0 aliphatic heterocycles. The van der Waals surface area contributed by atoms with Crippen LogP contribution in [0.1, 0.15) is 17.9 Å². The quantitative estimate of drug-likeness (QED) is 0.761. The first-order chi connectivity index (χ1) is 8.22. The van der Waals surface area contributed by atoms with Gasteiger partial charge in [0.15, 0.2) is 0 Å². The van der Waals surface area contributed by atoms with Gasteiger partial charge in [0.25, 0.3) is 0 Å². The summed E-state index contributed by atoms with van der Waals surface area (Å²) in [7, 11) is 1.65. The molecule has 1 rings (SSSR count). The molecule has 0 fully saturated rings. The van der Waals surface area contributed by atoms with Crippen molar-refractivity contribution < 1.29 is 9.84 Å². The van der Waals surface area contributed by atoms with E-state index in [0.29, 0.717) is 13.1 Å². The lowest BCUT2D eigenvalue weighted by atomic mass is 10.1. The van der Waals surface area contributed by atoms with E-state index in [2.05, 4.69) is 11.8 Å². The molecule has 0 aromatic heterocycles. The number of hydrogen-bond donors (Lipinski definition) is 1. The second-order valence-corrected chi connectivity index (χ2v) is 4.35. The summed E-state index contributed by atoms with van der Waals surface area (Å²) in [6.07, 6.45) is 0. The topological polar surface area (TPSA) is 32.7 Å². The second kappa shape index (κ2) is 7.54. The Morgan fingerprint density at radius 2 is 2.12 bits per heavy atom. The third-order valence-corrected chi connectivity index (χ3v) is 3.13. The van der Waals surface area contributed by atoms with E-state index in [-0.39, 0.29) is 12.0 Å². The smallest absolute Gasteiger partial charge is 0.123 e. The van der Waals surface area contributed by atoms with Crippen LogP contribution in [0.3, 0.4) is 0 Å². The van der Waals surface area contributed by atoms with E-state index in [0.717, 1.165) is 17.9 Å². The maximum Gasteiger partial charge on any atom is 0.123 e. The number of halogens is 1. The normalized spacial score (nSPS) is 12.8. The van der Waals surface area contributed by atoms with Gasteiger partial charge in [-0.25, -0.2) is 0 Å². The van der Waals surface area contributed by atoms with Crippen molar-refractivity contribution in [2.24, 2.45) is 0 Å². The number of benzene rings is 1. The number of aliphatic hydroxyl groups excluding tert-OH is 1. The van der Waals surface area contributed by atoms with Gasteiger partial charge in [-0.05, 0) is 12.6 Å². The van der Waals surface area contributed by atoms with Gasteiger partial charge in [-0.15, -0.1) is 11.6 Å². The summed E-state index contributed by atoms with van der Waals surface area (Å²) in [5.41, 5.74) is 0.994. The van der Waals surface area contributed by atoms with Gasteiger partial charge in [-0.3, -0.25) is 4.90 Å². The van der Waals surface area contributed by atoms with Crippen LogP contribution in [-0.2, 0) is 0 Å². The molecule has 0 saturated carbocycles. The maximum absolute atomic E-state index is 8.94. The van der Waals surface area contributed by atoms with E-state index >= 15 is 0 Å². The van der Waals surface area contributed by atoms with E-state index < -0.39 is 0 Å². The summed E-state index contributed by atoms with van der Waals surface area (Å²) in [4.78, 5) is 2.12. The number of nitrogens with zero attached hydrogens (tertiary/aromatic N) is 1. The zero-order valence-corrected chi connectivity index (χ0v) is 11.2. The van der Waals surface area contributed by atoms with Crippen LogP contribution in [-0.4, -0.2) is 43.4 Å². The van der Waals surface area contributed by atoms with Crippen LogP contribution in [0.25, 0.3) is 0 Å². The molecule has 0 heterocycles. The lowest BCUT2D eigenvalue weighted by Gasteiger charge is -2.23. The number of aliphatic hydroxyl groups is 1. The standard InChI is InChI=1S/C13H20ClNO2/c1-3-15(8-9-16)10-12(14)11-6-4-5-7-13(11)17-2/h4-7,12,16H,3,8-10H2,1-2H3. The van der Waals surface area contributed by atoms with Crippen LogP contribution in [0.15, 0.2) is 24.3 Å². The maximum atomic E-state index is 8.94. The van der Waals surface area contributed by atoms with Crippen molar-refractivity contribution in [3.8, 4) is 5.75 Å². The summed E-state index contributed by atoms with van der Waals surface area (Å²) in [5, 5.41) is 8.82. The summed E-state index contributed by atoms with van der Waals surface area (Å²) in [5.74, 6) is 0.813. The molecule has 17 heavy (non-hydrogen) atoms. The highest BCUT2D eigenvalue weighted by Crippen LogP contribution is 2.29. The van der Waals surface area contributed by atoms with Gasteiger partial charge in [0.05, 0.1) is 19.1 Å². The van der Waals surface area contributed by atoms with Crippen molar-refractivity contribution >= 4 is 11.6 Å². The number of likely N-dealkylation sites (N-methyl/N-ethyl adjacent to an activating group) is 1. The molecule has 4 heteroatoms. The van der Waals surface area contributed by atoms with Gasteiger partial charge in [0.2, 0.25) is 0 Å². The Bertz CT molecular complexity index is 333. The Morgan fingerprint density at radius 3 is 2.71 bits per heavy atom. The average molecular weight is 258 g/mol. The number of methoxy groups -OCH3 is 1. The van der Waals surface area contributed by atoms with Crippen LogP contribution < -0.4 is 4.74 Å². The van der Waals surface area contributed by atoms with E-state index in [1.807, 2.05) is 24.3 Å². The number of alkyl halides is 1.